The van der Waals surface area contributed by atoms with Crippen molar-refractivity contribution in [3.05, 3.63) is 0 Å². The molecule has 19 heavy (non-hydrogen) atoms. The first-order valence-electron chi connectivity index (χ1n) is 6.96. The summed E-state index contributed by atoms with van der Waals surface area (Å²) in [7, 11) is 3.22. The van der Waals surface area contributed by atoms with Gasteiger partial charge in [0.2, 0.25) is 5.91 Å². The zero-order chi connectivity index (χ0) is 14.6. The highest BCUT2D eigenvalue weighted by Gasteiger charge is 2.45. The van der Waals surface area contributed by atoms with Crippen LogP contribution in [0, 0.1) is 0 Å². The predicted molar refractivity (Wildman–Crippen MR) is 73.8 cm³/mol. The number of methoxy groups -OCH3 is 1. The third kappa shape index (κ3) is 3.26. The Bertz CT molecular complexity index is 342. The average molecular weight is 270 g/mol. The molecule has 0 aromatic rings. The fourth-order valence-electron chi connectivity index (χ4n) is 2.71. The molecule has 1 aliphatic rings. The lowest BCUT2D eigenvalue weighted by molar-refractivity contribution is -0.160. The van der Waals surface area contributed by atoms with Gasteiger partial charge in [-0.15, -0.1) is 0 Å². The Hall–Kier alpha value is -1.10. The van der Waals surface area contributed by atoms with E-state index in [0.29, 0.717) is 13.1 Å². The second-order valence-electron chi connectivity index (χ2n) is 5.66. The zero-order valence-electron chi connectivity index (χ0n) is 12.7. The van der Waals surface area contributed by atoms with E-state index in [0.717, 1.165) is 19.3 Å². The summed E-state index contributed by atoms with van der Waals surface area (Å²) in [6.45, 7) is 7.22. The summed E-state index contributed by atoms with van der Waals surface area (Å²) in [6, 6.07) is -0.322. The minimum atomic E-state index is -0.653. The van der Waals surface area contributed by atoms with Gasteiger partial charge in [0, 0.05) is 20.1 Å². The number of hydrogen-bond acceptors (Lipinski definition) is 4. The van der Waals surface area contributed by atoms with Gasteiger partial charge in [-0.05, 0) is 20.3 Å². The van der Waals surface area contributed by atoms with Gasteiger partial charge in [-0.1, -0.05) is 19.8 Å². The Morgan fingerprint density at radius 1 is 1.42 bits per heavy atom. The van der Waals surface area contributed by atoms with E-state index in [2.05, 4.69) is 6.92 Å². The number of amides is 1. The van der Waals surface area contributed by atoms with Crippen molar-refractivity contribution >= 4 is 11.9 Å². The van der Waals surface area contributed by atoms with E-state index in [-0.39, 0.29) is 17.9 Å². The van der Waals surface area contributed by atoms with Gasteiger partial charge in [0.1, 0.15) is 6.04 Å². The maximum atomic E-state index is 12.3. The summed E-state index contributed by atoms with van der Waals surface area (Å²) in [5.74, 6) is -0.178. The first-order chi connectivity index (χ1) is 8.86. The molecule has 5 heteroatoms. The molecule has 0 saturated carbocycles. The molecule has 1 fully saturated rings. The quantitative estimate of drug-likeness (QED) is 0.706. The number of piperazine rings is 1. The fourth-order valence-corrected chi connectivity index (χ4v) is 2.71. The molecule has 5 nitrogen and oxygen atoms in total. The second-order valence-corrected chi connectivity index (χ2v) is 5.66. The van der Waals surface area contributed by atoms with Gasteiger partial charge in [0.25, 0.3) is 0 Å². The van der Waals surface area contributed by atoms with E-state index in [1.165, 1.54) is 7.11 Å². The van der Waals surface area contributed by atoms with Crippen LogP contribution in [0.3, 0.4) is 0 Å². The lowest BCUT2D eigenvalue weighted by atomic mass is 9.93. The van der Waals surface area contributed by atoms with Gasteiger partial charge in [0.15, 0.2) is 0 Å². The Labute approximate surface area is 115 Å². The third-order valence-corrected chi connectivity index (χ3v) is 3.95. The van der Waals surface area contributed by atoms with Gasteiger partial charge in [-0.3, -0.25) is 14.5 Å². The normalized spacial score (nSPS) is 21.3. The Balaban J connectivity index is 2.94. The smallest absolute Gasteiger partial charge is 0.323 e. The number of esters is 1. The van der Waals surface area contributed by atoms with Gasteiger partial charge < -0.3 is 9.64 Å². The molecular weight excluding hydrogens is 244 g/mol. The number of nitrogens with zero attached hydrogens (tertiary/aromatic N) is 2. The van der Waals surface area contributed by atoms with E-state index >= 15 is 0 Å². The van der Waals surface area contributed by atoms with Crippen molar-refractivity contribution in [1.82, 2.24) is 9.80 Å². The number of carbonyl (C=O) groups is 2. The van der Waals surface area contributed by atoms with Crippen LogP contribution in [0.2, 0.25) is 0 Å². The molecule has 0 radical (unpaired) electrons. The molecule has 0 bridgehead atoms. The molecule has 110 valence electrons. The highest BCUT2D eigenvalue weighted by Crippen LogP contribution is 2.26. The zero-order valence-corrected chi connectivity index (χ0v) is 12.7. The lowest BCUT2D eigenvalue weighted by Crippen LogP contribution is -2.66. The monoisotopic (exact) mass is 270 g/mol. The summed E-state index contributed by atoms with van der Waals surface area (Å²) in [5.41, 5.74) is -0.653. The molecule has 1 aliphatic heterocycles. The van der Waals surface area contributed by atoms with Crippen LogP contribution >= 0.6 is 0 Å². The minimum absolute atomic E-state index is 0.0594. The van der Waals surface area contributed by atoms with Crippen molar-refractivity contribution < 1.29 is 14.3 Å². The lowest BCUT2D eigenvalue weighted by Gasteiger charge is -2.47. The van der Waals surface area contributed by atoms with E-state index in [1.54, 1.807) is 11.9 Å². The summed E-state index contributed by atoms with van der Waals surface area (Å²) < 4.78 is 4.91. The maximum Gasteiger partial charge on any atom is 0.323 e. The molecule has 1 atom stereocenters. The first kappa shape index (κ1) is 16.0. The van der Waals surface area contributed by atoms with Crippen LogP contribution in [0.4, 0.5) is 0 Å². The SMILES string of the molecule is CCCCC(C(=O)OC)N1CCN(C)C(=O)C1(C)C. The van der Waals surface area contributed by atoms with E-state index in [4.69, 9.17) is 4.74 Å². The van der Waals surface area contributed by atoms with Crippen LogP contribution in [-0.2, 0) is 14.3 Å². The number of carbonyl (C=O) groups excluding carboxylic acids is 2. The summed E-state index contributed by atoms with van der Waals surface area (Å²) in [6.07, 6.45) is 2.72. The fraction of sp³-hybridized carbons (Fsp3) is 0.857. The average Bonchev–Trinajstić information content (AvgIpc) is 2.38. The van der Waals surface area contributed by atoms with Crippen molar-refractivity contribution in [2.45, 2.75) is 51.6 Å². The number of ether oxygens (including phenoxy) is 1. The molecule has 0 aromatic carbocycles. The maximum absolute atomic E-state index is 12.3. The molecule has 0 N–H and O–H groups in total. The Morgan fingerprint density at radius 3 is 2.58 bits per heavy atom. The molecule has 1 saturated heterocycles. The van der Waals surface area contributed by atoms with Gasteiger partial charge in [-0.25, -0.2) is 0 Å². The van der Waals surface area contributed by atoms with Crippen molar-refractivity contribution in [3.63, 3.8) is 0 Å². The molecule has 1 heterocycles. The van der Waals surface area contributed by atoms with E-state index in [9.17, 15) is 9.59 Å². The minimum Gasteiger partial charge on any atom is -0.468 e. The summed E-state index contributed by atoms with van der Waals surface area (Å²) in [5, 5.41) is 0. The molecule has 1 unspecified atom stereocenters. The van der Waals surface area contributed by atoms with E-state index < -0.39 is 5.54 Å². The van der Waals surface area contributed by atoms with Crippen molar-refractivity contribution in [3.8, 4) is 0 Å². The Morgan fingerprint density at radius 2 is 2.05 bits per heavy atom. The first-order valence-corrected chi connectivity index (χ1v) is 6.96. The highest BCUT2D eigenvalue weighted by molar-refractivity contribution is 5.87. The molecule has 0 aromatic heterocycles. The van der Waals surface area contributed by atoms with Crippen LogP contribution in [-0.4, -0.2) is 60.5 Å². The van der Waals surface area contributed by atoms with Crippen LogP contribution < -0.4 is 0 Å². The molecular formula is C14H26N2O3. The highest BCUT2D eigenvalue weighted by atomic mass is 16.5. The van der Waals surface area contributed by atoms with E-state index in [1.807, 2.05) is 18.7 Å². The van der Waals surface area contributed by atoms with Gasteiger partial charge in [0.05, 0.1) is 12.6 Å². The molecule has 0 spiro atoms. The predicted octanol–water partition coefficient (Wildman–Crippen LogP) is 1.27. The summed E-state index contributed by atoms with van der Waals surface area (Å²) in [4.78, 5) is 28.0. The number of unbranched alkanes of at least 4 members (excludes halogenated alkanes) is 1. The topological polar surface area (TPSA) is 49.9 Å². The van der Waals surface area contributed by atoms with Gasteiger partial charge >= 0.3 is 5.97 Å². The Kier molecular flexibility index (Phi) is 5.35. The van der Waals surface area contributed by atoms with Crippen LogP contribution in [0.15, 0.2) is 0 Å². The molecule has 0 aliphatic carbocycles. The van der Waals surface area contributed by atoms with Crippen molar-refractivity contribution in [2.24, 2.45) is 0 Å². The van der Waals surface area contributed by atoms with Gasteiger partial charge in [-0.2, -0.15) is 0 Å². The van der Waals surface area contributed by atoms with Crippen LogP contribution in [0.5, 0.6) is 0 Å². The number of likely N-dealkylation sites (N-methyl/N-ethyl adjacent to an activating group) is 1. The molecule has 1 rings (SSSR count). The van der Waals surface area contributed by atoms with Crippen LogP contribution in [0.1, 0.15) is 40.0 Å². The van der Waals surface area contributed by atoms with Crippen molar-refractivity contribution in [2.75, 3.05) is 27.2 Å². The summed E-state index contributed by atoms with van der Waals surface area (Å²) >= 11 is 0. The largest absolute Gasteiger partial charge is 0.468 e. The van der Waals surface area contributed by atoms with Crippen LogP contribution in [0.25, 0.3) is 0 Å². The second kappa shape index (κ2) is 6.37. The number of rotatable bonds is 5. The molecule has 1 amide bonds. The standard InChI is InChI=1S/C14H26N2O3/c1-6-7-8-11(12(17)19-5)16-10-9-15(4)13(18)14(16,2)3/h11H,6-10H2,1-5H3. The number of hydrogen-bond donors (Lipinski definition) is 0. The third-order valence-electron chi connectivity index (χ3n) is 3.95. The van der Waals surface area contributed by atoms with Crippen molar-refractivity contribution in [1.29, 1.82) is 0 Å².